The molecular formula is C16H17N3OS. The van der Waals surface area contributed by atoms with Crippen LogP contribution in [0.1, 0.15) is 11.8 Å². The zero-order valence-electron chi connectivity index (χ0n) is 11.9. The quantitative estimate of drug-likeness (QED) is 0.753. The Hall–Kier alpha value is -2.14. The molecule has 0 unspecified atom stereocenters. The Bertz CT molecular complexity index is 713. The van der Waals surface area contributed by atoms with E-state index in [2.05, 4.69) is 32.8 Å². The van der Waals surface area contributed by atoms with Crippen LogP contribution in [0.5, 0.6) is 5.88 Å². The Morgan fingerprint density at radius 1 is 1.14 bits per heavy atom. The van der Waals surface area contributed by atoms with Gasteiger partial charge in [-0.15, -0.1) is 11.3 Å². The largest absolute Gasteiger partial charge is 0.477 e. The van der Waals surface area contributed by atoms with E-state index in [1.165, 1.54) is 4.88 Å². The molecule has 0 saturated carbocycles. The molecule has 21 heavy (non-hydrogen) atoms. The zero-order valence-corrected chi connectivity index (χ0v) is 12.7. The minimum absolute atomic E-state index is 0.613. The maximum absolute atomic E-state index is 5.90. The fraction of sp³-hybridized carbons (Fsp3) is 0.250. The molecular weight excluding hydrogens is 282 g/mol. The van der Waals surface area contributed by atoms with Gasteiger partial charge in [-0.05, 0) is 30.5 Å². The van der Waals surface area contributed by atoms with Crippen LogP contribution in [-0.4, -0.2) is 23.1 Å². The fourth-order valence-corrected chi connectivity index (χ4v) is 2.79. The van der Waals surface area contributed by atoms with E-state index in [0.29, 0.717) is 18.4 Å². The van der Waals surface area contributed by atoms with Gasteiger partial charge >= 0.3 is 0 Å². The number of nitrogens with one attached hydrogen (secondary N) is 1. The van der Waals surface area contributed by atoms with E-state index in [1.54, 1.807) is 11.3 Å². The van der Waals surface area contributed by atoms with Crippen LogP contribution in [0.4, 0.5) is 5.95 Å². The van der Waals surface area contributed by atoms with Crippen molar-refractivity contribution in [1.29, 1.82) is 0 Å². The highest BCUT2D eigenvalue weighted by Crippen LogP contribution is 2.24. The predicted octanol–water partition coefficient (Wildman–Crippen LogP) is 3.74. The summed E-state index contributed by atoms with van der Waals surface area (Å²) in [5, 5.41) is 6.18. The molecule has 0 amide bonds. The minimum atomic E-state index is 0.613. The van der Waals surface area contributed by atoms with Crippen LogP contribution >= 0.6 is 11.3 Å². The number of thiophene rings is 1. The SMILES string of the molecule is CCNc1nc(OCCc2cccs2)c2ccccc2n1. The molecule has 4 nitrogen and oxygen atoms in total. The monoisotopic (exact) mass is 299 g/mol. The molecule has 0 aliphatic rings. The first-order valence-electron chi connectivity index (χ1n) is 7.02. The molecule has 0 fully saturated rings. The molecule has 0 radical (unpaired) electrons. The van der Waals surface area contributed by atoms with Crippen LogP contribution in [-0.2, 0) is 6.42 Å². The van der Waals surface area contributed by atoms with Gasteiger partial charge in [-0.2, -0.15) is 4.98 Å². The first-order chi connectivity index (χ1) is 10.4. The first kappa shape index (κ1) is 13.8. The van der Waals surface area contributed by atoms with Gasteiger partial charge in [-0.3, -0.25) is 0 Å². The van der Waals surface area contributed by atoms with Crippen molar-refractivity contribution in [2.24, 2.45) is 0 Å². The highest BCUT2D eigenvalue weighted by atomic mass is 32.1. The molecule has 1 N–H and O–H groups in total. The summed E-state index contributed by atoms with van der Waals surface area (Å²) in [5.74, 6) is 1.26. The molecule has 0 atom stereocenters. The molecule has 3 rings (SSSR count). The number of para-hydroxylation sites is 1. The van der Waals surface area contributed by atoms with Gasteiger partial charge in [0.1, 0.15) is 0 Å². The number of aromatic nitrogens is 2. The van der Waals surface area contributed by atoms with Gasteiger partial charge in [0.15, 0.2) is 0 Å². The molecule has 0 aliphatic heterocycles. The first-order valence-corrected chi connectivity index (χ1v) is 7.90. The number of hydrogen-bond acceptors (Lipinski definition) is 5. The lowest BCUT2D eigenvalue weighted by molar-refractivity contribution is 0.314. The van der Waals surface area contributed by atoms with E-state index in [4.69, 9.17) is 4.74 Å². The van der Waals surface area contributed by atoms with E-state index in [-0.39, 0.29) is 0 Å². The van der Waals surface area contributed by atoms with Gasteiger partial charge in [0, 0.05) is 17.8 Å². The van der Waals surface area contributed by atoms with Crippen molar-refractivity contribution in [3.05, 3.63) is 46.7 Å². The highest BCUT2D eigenvalue weighted by Gasteiger charge is 2.08. The van der Waals surface area contributed by atoms with E-state index < -0.39 is 0 Å². The average Bonchev–Trinajstić information content (AvgIpc) is 3.01. The number of benzene rings is 1. The van der Waals surface area contributed by atoms with Crippen molar-refractivity contribution in [2.45, 2.75) is 13.3 Å². The van der Waals surface area contributed by atoms with E-state index in [1.807, 2.05) is 31.2 Å². The standard InChI is InChI=1S/C16H17N3OS/c1-2-17-16-18-14-8-4-3-7-13(14)15(19-16)20-10-9-12-6-5-11-21-12/h3-8,11H,2,9-10H2,1H3,(H,17,18,19). The Labute approximate surface area is 127 Å². The summed E-state index contributed by atoms with van der Waals surface area (Å²) in [7, 11) is 0. The van der Waals surface area contributed by atoms with Gasteiger partial charge in [0.05, 0.1) is 17.5 Å². The van der Waals surface area contributed by atoms with Crippen molar-refractivity contribution in [3.63, 3.8) is 0 Å². The third kappa shape index (κ3) is 3.31. The summed E-state index contributed by atoms with van der Waals surface area (Å²) in [6, 6.07) is 12.1. The summed E-state index contributed by atoms with van der Waals surface area (Å²) in [4.78, 5) is 10.3. The van der Waals surface area contributed by atoms with Crippen molar-refractivity contribution in [3.8, 4) is 5.88 Å². The molecule has 2 heterocycles. The smallest absolute Gasteiger partial charge is 0.226 e. The number of ether oxygens (including phenoxy) is 1. The lowest BCUT2D eigenvalue weighted by Crippen LogP contribution is -2.07. The van der Waals surface area contributed by atoms with Crippen LogP contribution in [0, 0.1) is 0 Å². The third-order valence-corrected chi connectivity index (χ3v) is 4.01. The molecule has 0 spiro atoms. The van der Waals surface area contributed by atoms with Crippen molar-refractivity contribution in [2.75, 3.05) is 18.5 Å². The molecule has 5 heteroatoms. The minimum Gasteiger partial charge on any atom is -0.477 e. The maximum Gasteiger partial charge on any atom is 0.226 e. The average molecular weight is 299 g/mol. The second kappa shape index (κ2) is 6.54. The summed E-state index contributed by atoms with van der Waals surface area (Å²) < 4.78 is 5.90. The van der Waals surface area contributed by atoms with Crippen LogP contribution in [0.3, 0.4) is 0 Å². The van der Waals surface area contributed by atoms with Crippen LogP contribution < -0.4 is 10.1 Å². The topological polar surface area (TPSA) is 47.0 Å². The molecule has 3 aromatic rings. The van der Waals surface area contributed by atoms with Crippen molar-refractivity contribution in [1.82, 2.24) is 9.97 Å². The Kier molecular flexibility index (Phi) is 4.31. The molecule has 108 valence electrons. The van der Waals surface area contributed by atoms with Crippen LogP contribution in [0.25, 0.3) is 10.9 Å². The summed E-state index contributed by atoms with van der Waals surface area (Å²) in [6.45, 7) is 3.43. The third-order valence-electron chi connectivity index (χ3n) is 3.07. The van der Waals surface area contributed by atoms with Gasteiger partial charge in [0.2, 0.25) is 11.8 Å². The number of nitrogens with zero attached hydrogens (tertiary/aromatic N) is 2. The Morgan fingerprint density at radius 3 is 2.86 bits per heavy atom. The zero-order chi connectivity index (χ0) is 14.5. The van der Waals surface area contributed by atoms with Crippen molar-refractivity contribution < 1.29 is 4.74 Å². The summed E-state index contributed by atoms with van der Waals surface area (Å²) in [5.41, 5.74) is 0.898. The second-order valence-corrected chi connectivity index (χ2v) is 5.61. The molecule has 2 aromatic heterocycles. The van der Waals surface area contributed by atoms with Crippen LogP contribution in [0.2, 0.25) is 0 Å². The molecule has 1 aromatic carbocycles. The van der Waals surface area contributed by atoms with E-state index in [0.717, 1.165) is 23.9 Å². The Balaban J connectivity index is 1.81. The number of fused-ring (bicyclic) bond motifs is 1. The lowest BCUT2D eigenvalue weighted by Gasteiger charge is -2.10. The van der Waals surface area contributed by atoms with Gasteiger partial charge < -0.3 is 10.1 Å². The lowest BCUT2D eigenvalue weighted by atomic mass is 10.2. The number of anilines is 1. The second-order valence-electron chi connectivity index (χ2n) is 4.58. The van der Waals surface area contributed by atoms with E-state index in [9.17, 15) is 0 Å². The van der Waals surface area contributed by atoms with Crippen molar-refractivity contribution >= 4 is 28.2 Å². The fourth-order valence-electron chi connectivity index (χ4n) is 2.10. The highest BCUT2D eigenvalue weighted by molar-refractivity contribution is 7.09. The van der Waals surface area contributed by atoms with Crippen LogP contribution in [0.15, 0.2) is 41.8 Å². The number of hydrogen-bond donors (Lipinski definition) is 1. The van der Waals surface area contributed by atoms with E-state index >= 15 is 0 Å². The number of rotatable bonds is 6. The molecule has 0 saturated heterocycles. The Morgan fingerprint density at radius 2 is 2.05 bits per heavy atom. The molecule has 0 aliphatic carbocycles. The maximum atomic E-state index is 5.90. The van der Waals surface area contributed by atoms with Gasteiger partial charge in [-0.25, -0.2) is 4.98 Å². The normalized spacial score (nSPS) is 10.7. The molecule has 0 bridgehead atoms. The summed E-state index contributed by atoms with van der Waals surface area (Å²) >= 11 is 1.75. The van der Waals surface area contributed by atoms with Gasteiger partial charge in [-0.1, -0.05) is 18.2 Å². The summed E-state index contributed by atoms with van der Waals surface area (Å²) in [6.07, 6.45) is 0.895. The van der Waals surface area contributed by atoms with Gasteiger partial charge in [0.25, 0.3) is 0 Å². The predicted molar refractivity (Wildman–Crippen MR) is 87.2 cm³/mol.